The van der Waals surface area contributed by atoms with Crippen LogP contribution in [0.5, 0.6) is 0 Å². The average Bonchev–Trinajstić information content (AvgIpc) is 2.89. The van der Waals surface area contributed by atoms with Crippen molar-refractivity contribution in [1.29, 1.82) is 0 Å². The van der Waals surface area contributed by atoms with Crippen molar-refractivity contribution in [3.8, 4) is 0 Å². The van der Waals surface area contributed by atoms with Gasteiger partial charge >= 0.3 is 5.97 Å². The van der Waals surface area contributed by atoms with Gasteiger partial charge in [-0.25, -0.2) is 0 Å². The molecule has 94 valence electrons. The van der Waals surface area contributed by atoms with E-state index in [1.807, 2.05) is 24.3 Å². The van der Waals surface area contributed by atoms with E-state index in [9.17, 15) is 4.79 Å². The number of benzene rings is 1. The van der Waals surface area contributed by atoms with Gasteiger partial charge in [0.05, 0.1) is 19.4 Å². The van der Waals surface area contributed by atoms with Gasteiger partial charge in [-0.3, -0.25) is 4.79 Å². The van der Waals surface area contributed by atoms with Crippen LogP contribution in [0.3, 0.4) is 0 Å². The molecule has 0 amide bonds. The summed E-state index contributed by atoms with van der Waals surface area (Å²) in [7, 11) is 1.36. The number of halogens is 1. The molecule has 0 fully saturated rings. The smallest absolute Gasteiger partial charge is 0.306 e. The van der Waals surface area contributed by atoms with E-state index in [1.54, 1.807) is 0 Å². The number of carbonyl (C=O) groups excluding carboxylic acids is 1. The Kier molecular flexibility index (Phi) is 4.03. The quantitative estimate of drug-likeness (QED) is 0.869. The average molecular weight is 311 g/mol. The first-order chi connectivity index (χ1) is 8.70. The molecule has 0 aliphatic carbocycles. The summed E-state index contributed by atoms with van der Waals surface area (Å²) in [4.78, 5) is 11.5. The Morgan fingerprint density at radius 1 is 1.56 bits per heavy atom. The number of aromatic nitrogens is 4. The van der Waals surface area contributed by atoms with Crippen LogP contribution in [-0.4, -0.2) is 33.7 Å². The predicted octanol–water partition coefficient (Wildman–Crippen LogP) is 1.66. The lowest BCUT2D eigenvalue weighted by atomic mass is 9.95. The van der Waals surface area contributed by atoms with E-state index in [0.717, 1.165) is 10.0 Å². The second-order valence-corrected chi connectivity index (χ2v) is 4.57. The highest BCUT2D eigenvalue weighted by Gasteiger charge is 2.22. The minimum absolute atomic E-state index is 0.173. The second-order valence-electron chi connectivity index (χ2n) is 3.66. The number of tetrazole rings is 1. The van der Waals surface area contributed by atoms with Crippen molar-refractivity contribution >= 4 is 21.9 Å². The van der Waals surface area contributed by atoms with Gasteiger partial charge in [-0.15, -0.1) is 10.2 Å². The Morgan fingerprint density at radius 2 is 2.39 bits per heavy atom. The maximum Gasteiger partial charge on any atom is 0.306 e. The molecule has 0 saturated carbocycles. The normalized spacial score (nSPS) is 12.1. The molecule has 1 atom stereocenters. The summed E-state index contributed by atoms with van der Waals surface area (Å²) in [5.41, 5.74) is 0.927. The maximum atomic E-state index is 11.5. The molecule has 6 nitrogen and oxygen atoms in total. The zero-order valence-corrected chi connectivity index (χ0v) is 11.2. The molecular weight excluding hydrogens is 300 g/mol. The first-order valence-electron chi connectivity index (χ1n) is 5.26. The molecule has 1 unspecified atom stereocenters. The molecule has 18 heavy (non-hydrogen) atoms. The predicted molar refractivity (Wildman–Crippen MR) is 66.8 cm³/mol. The van der Waals surface area contributed by atoms with E-state index < -0.39 is 0 Å². The number of methoxy groups -OCH3 is 1. The molecule has 1 aromatic carbocycles. The van der Waals surface area contributed by atoms with Gasteiger partial charge in [0, 0.05) is 4.47 Å². The Bertz CT molecular complexity index is 530. The number of ether oxygens (including phenoxy) is 1. The number of nitrogens with zero attached hydrogens (tertiary/aromatic N) is 3. The van der Waals surface area contributed by atoms with Gasteiger partial charge in [0.25, 0.3) is 0 Å². The summed E-state index contributed by atoms with van der Waals surface area (Å²) in [6, 6.07) is 7.64. The molecule has 0 radical (unpaired) electrons. The largest absolute Gasteiger partial charge is 0.469 e. The van der Waals surface area contributed by atoms with Gasteiger partial charge in [0.2, 0.25) is 0 Å². The van der Waals surface area contributed by atoms with Crippen LogP contribution in [0.1, 0.15) is 23.7 Å². The molecule has 0 bridgehead atoms. The molecule has 0 spiro atoms. The fourth-order valence-electron chi connectivity index (χ4n) is 1.65. The molecule has 1 aromatic heterocycles. The van der Waals surface area contributed by atoms with Gasteiger partial charge in [-0.05, 0) is 17.7 Å². The molecule has 2 aromatic rings. The topological polar surface area (TPSA) is 80.8 Å². The van der Waals surface area contributed by atoms with Crippen molar-refractivity contribution in [2.45, 2.75) is 12.3 Å². The maximum absolute atomic E-state index is 11.5. The molecule has 0 aliphatic rings. The molecule has 0 aliphatic heterocycles. The minimum atomic E-state index is -0.315. The fraction of sp³-hybridized carbons (Fsp3) is 0.273. The summed E-state index contributed by atoms with van der Waals surface area (Å²) >= 11 is 3.40. The zero-order valence-electron chi connectivity index (χ0n) is 9.63. The van der Waals surface area contributed by atoms with Crippen molar-refractivity contribution in [2.24, 2.45) is 0 Å². The highest BCUT2D eigenvalue weighted by molar-refractivity contribution is 9.10. The number of rotatable bonds is 4. The van der Waals surface area contributed by atoms with Gasteiger partial charge in [-0.2, -0.15) is 5.21 Å². The first kappa shape index (κ1) is 12.7. The Balaban J connectivity index is 2.33. The van der Waals surface area contributed by atoms with Gasteiger partial charge in [0.1, 0.15) is 0 Å². The van der Waals surface area contributed by atoms with Crippen molar-refractivity contribution in [2.75, 3.05) is 7.11 Å². The Morgan fingerprint density at radius 3 is 3.00 bits per heavy atom. The Labute approximate surface area is 112 Å². The van der Waals surface area contributed by atoms with Crippen LogP contribution in [0.15, 0.2) is 28.7 Å². The molecular formula is C11H11BrN4O2. The molecule has 0 saturated heterocycles. The van der Waals surface area contributed by atoms with Crippen molar-refractivity contribution in [3.63, 3.8) is 0 Å². The SMILES string of the molecule is COC(=O)CC(c1cccc(Br)c1)c1nn[nH]n1. The number of carbonyl (C=O) groups is 1. The van der Waals surface area contributed by atoms with Crippen LogP contribution in [0.25, 0.3) is 0 Å². The number of hydrogen-bond acceptors (Lipinski definition) is 5. The Hall–Kier alpha value is -1.76. The van der Waals surface area contributed by atoms with Crippen LogP contribution in [-0.2, 0) is 9.53 Å². The zero-order chi connectivity index (χ0) is 13.0. The van der Waals surface area contributed by atoms with Gasteiger partial charge < -0.3 is 4.74 Å². The van der Waals surface area contributed by atoms with E-state index in [4.69, 9.17) is 4.74 Å². The van der Waals surface area contributed by atoms with Crippen molar-refractivity contribution in [1.82, 2.24) is 20.6 Å². The number of hydrogen-bond donors (Lipinski definition) is 1. The molecule has 1 N–H and O–H groups in total. The fourth-order valence-corrected chi connectivity index (χ4v) is 2.07. The van der Waals surface area contributed by atoms with E-state index >= 15 is 0 Å². The number of H-pyrrole nitrogens is 1. The van der Waals surface area contributed by atoms with Crippen LogP contribution < -0.4 is 0 Å². The lowest BCUT2D eigenvalue weighted by Crippen LogP contribution is -2.11. The highest BCUT2D eigenvalue weighted by Crippen LogP contribution is 2.27. The second kappa shape index (κ2) is 5.72. The van der Waals surface area contributed by atoms with E-state index in [0.29, 0.717) is 5.82 Å². The lowest BCUT2D eigenvalue weighted by molar-refractivity contribution is -0.140. The summed E-state index contributed by atoms with van der Waals surface area (Å²) in [6.45, 7) is 0. The monoisotopic (exact) mass is 310 g/mol. The van der Waals surface area contributed by atoms with Crippen LogP contribution in [0.4, 0.5) is 0 Å². The number of nitrogens with one attached hydrogen (secondary N) is 1. The lowest BCUT2D eigenvalue weighted by Gasteiger charge is -2.12. The first-order valence-corrected chi connectivity index (χ1v) is 6.05. The summed E-state index contributed by atoms with van der Waals surface area (Å²) in [6.07, 6.45) is 0.173. The van der Waals surface area contributed by atoms with E-state index in [1.165, 1.54) is 7.11 Å². The van der Waals surface area contributed by atoms with Crippen LogP contribution in [0, 0.1) is 0 Å². The summed E-state index contributed by atoms with van der Waals surface area (Å²) in [5, 5.41) is 13.8. The van der Waals surface area contributed by atoms with Crippen molar-refractivity contribution < 1.29 is 9.53 Å². The van der Waals surface area contributed by atoms with Gasteiger partial charge in [-0.1, -0.05) is 33.3 Å². The summed E-state index contributed by atoms with van der Waals surface area (Å²) in [5.74, 6) is -0.114. The highest BCUT2D eigenvalue weighted by atomic mass is 79.9. The van der Waals surface area contributed by atoms with E-state index in [2.05, 4.69) is 36.6 Å². The summed E-state index contributed by atoms with van der Waals surface area (Å²) < 4.78 is 5.62. The molecule has 1 heterocycles. The standard InChI is InChI=1S/C11H11BrN4O2/c1-18-10(17)6-9(11-13-15-16-14-11)7-3-2-4-8(12)5-7/h2-5,9H,6H2,1H3,(H,13,14,15,16). The molecule has 2 rings (SSSR count). The third-order valence-electron chi connectivity index (χ3n) is 2.52. The van der Waals surface area contributed by atoms with Crippen molar-refractivity contribution in [3.05, 3.63) is 40.1 Å². The van der Waals surface area contributed by atoms with E-state index in [-0.39, 0.29) is 18.3 Å². The number of esters is 1. The van der Waals surface area contributed by atoms with Gasteiger partial charge in [0.15, 0.2) is 5.82 Å². The molecule has 7 heteroatoms. The minimum Gasteiger partial charge on any atom is -0.469 e. The number of aromatic amines is 1. The van der Waals surface area contributed by atoms with Crippen LogP contribution >= 0.6 is 15.9 Å². The van der Waals surface area contributed by atoms with Crippen LogP contribution in [0.2, 0.25) is 0 Å². The third-order valence-corrected chi connectivity index (χ3v) is 3.02. The third kappa shape index (κ3) is 2.92.